The standard InChI is InChI=1S/C10H11F5N2O/c11-9(12,10(13,14)15)7(18)17-8(6-16)4-2-1-3-5-8/h1-5H2,(H,17,18). The molecule has 0 aliphatic heterocycles. The predicted molar refractivity (Wildman–Crippen MR) is 50.6 cm³/mol. The van der Waals surface area contributed by atoms with Gasteiger partial charge in [0.05, 0.1) is 6.07 Å². The number of hydrogen-bond donors (Lipinski definition) is 1. The number of amides is 1. The molecule has 1 fully saturated rings. The molecule has 0 aromatic heterocycles. The van der Waals surface area contributed by atoms with E-state index in [2.05, 4.69) is 0 Å². The maximum Gasteiger partial charge on any atom is 0.463 e. The van der Waals surface area contributed by atoms with Crippen LogP contribution in [0.2, 0.25) is 0 Å². The van der Waals surface area contributed by atoms with Gasteiger partial charge in [0.2, 0.25) is 0 Å². The summed E-state index contributed by atoms with van der Waals surface area (Å²) in [6.45, 7) is 0. The third-order valence-corrected chi connectivity index (χ3v) is 2.92. The van der Waals surface area contributed by atoms with Gasteiger partial charge in [-0.25, -0.2) is 0 Å². The Hall–Kier alpha value is -1.39. The number of alkyl halides is 5. The molecule has 1 aliphatic carbocycles. The van der Waals surface area contributed by atoms with Crippen molar-refractivity contribution in [3.05, 3.63) is 0 Å². The molecule has 1 rings (SSSR count). The van der Waals surface area contributed by atoms with Crippen LogP contribution in [0.5, 0.6) is 0 Å². The molecule has 0 unspecified atom stereocenters. The summed E-state index contributed by atoms with van der Waals surface area (Å²) in [5.41, 5.74) is -1.61. The number of carbonyl (C=O) groups is 1. The molecule has 1 amide bonds. The monoisotopic (exact) mass is 270 g/mol. The fourth-order valence-electron chi connectivity index (χ4n) is 1.84. The summed E-state index contributed by atoms with van der Waals surface area (Å²) >= 11 is 0. The van der Waals surface area contributed by atoms with E-state index in [0.29, 0.717) is 12.8 Å². The maximum atomic E-state index is 12.7. The van der Waals surface area contributed by atoms with E-state index in [-0.39, 0.29) is 12.8 Å². The highest BCUT2D eigenvalue weighted by Gasteiger charge is 2.64. The smallest absolute Gasteiger partial charge is 0.332 e. The second-order valence-electron chi connectivity index (χ2n) is 4.28. The molecule has 0 heterocycles. The predicted octanol–water partition coefficient (Wildman–Crippen LogP) is 2.53. The third kappa shape index (κ3) is 2.71. The molecule has 1 N–H and O–H groups in total. The van der Waals surface area contributed by atoms with Crippen LogP contribution in [0.1, 0.15) is 32.1 Å². The van der Waals surface area contributed by atoms with Crippen LogP contribution in [0.4, 0.5) is 22.0 Å². The van der Waals surface area contributed by atoms with Gasteiger partial charge in [-0.05, 0) is 12.8 Å². The molecule has 0 radical (unpaired) electrons. The number of nitrogens with one attached hydrogen (secondary N) is 1. The Kier molecular flexibility index (Phi) is 3.84. The zero-order chi connectivity index (χ0) is 14.0. The van der Waals surface area contributed by atoms with Gasteiger partial charge in [0.1, 0.15) is 5.54 Å². The Morgan fingerprint density at radius 2 is 1.61 bits per heavy atom. The molecule has 1 saturated carbocycles. The molecular weight excluding hydrogens is 259 g/mol. The average molecular weight is 270 g/mol. The van der Waals surface area contributed by atoms with Crippen molar-refractivity contribution in [3.63, 3.8) is 0 Å². The number of hydrogen-bond acceptors (Lipinski definition) is 2. The average Bonchev–Trinajstić information content (AvgIpc) is 2.28. The van der Waals surface area contributed by atoms with Crippen molar-refractivity contribution in [1.29, 1.82) is 5.26 Å². The normalized spacial score (nSPS) is 20.0. The minimum absolute atomic E-state index is 0.0865. The Bertz CT molecular complexity index is 365. The number of rotatable bonds is 2. The summed E-state index contributed by atoms with van der Waals surface area (Å²) in [5.74, 6) is -7.94. The molecule has 0 spiro atoms. The lowest BCUT2D eigenvalue weighted by molar-refractivity contribution is -0.270. The molecule has 102 valence electrons. The highest BCUT2D eigenvalue weighted by atomic mass is 19.4. The second-order valence-corrected chi connectivity index (χ2v) is 4.28. The molecule has 0 aromatic carbocycles. The number of nitrogens with zero attached hydrogens (tertiary/aromatic N) is 1. The molecule has 0 bridgehead atoms. The summed E-state index contributed by atoms with van der Waals surface area (Å²) in [6, 6.07) is 1.64. The van der Waals surface area contributed by atoms with E-state index in [9.17, 15) is 26.7 Å². The van der Waals surface area contributed by atoms with Crippen molar-refractivity contribution in [2.75, 3.05) is 0 Å². The molecule has 8 heteroatoms. The summed E-state index contributed by atoms with van der Waals surface area (Å²) < 4.78 is 61.4. The van der Waals surface area contributed by atoms with Gasteiger partial charge in [-0.3, -0.25) is 4.79 Å². The molecule has 3 nitrogen and oxygen atoms in total. The largest absolute Gasteiger partial charge is 0.463 e. The van der Waals surface area contributed by atoms with Crippen LogP contribution in [0.3, 0.4) is 0 Å². The lowest BCUT2D eigenvalue weighted by atomic mass is 9.82. The summed E-state index contributed by atoms with van der Waals surface area (Å²) in [5, 5.41) is 10.4. The maximum absolute atomic E-state index is 12.7. The fraction of sp³-hybridized carbons (Fsp3) is 0.800. The van der Waals surface area contributed by atoms with Gasteiger partial charge < -0.3 is 5.32 Å². The van der Waals surface area contributed by atoms with E-state index in [1.54, 1.807) is 11.4 Å². The van der Waals surface area contributed by atoms with Crippen molar-refractivity contribution in [1.82, 2.24) is 5.32 Å². The molecule has 18 heavy (non-hydrogen) atoms. The Balaban J connectivity index is 2.84. The lowest BCUT2D eigenvalue weighted by Gasteiger charge is -2.33. The zero-order valence-corrected chi connectivity index (χ0v) is 9.28. The first-order valence-electron chi connectivity index (χ1n) is 5.33. The second kappa shape index (κ2) is 4.71. The van der Waals surface area contributed by atoms with E-state index in [1.807, 2.05) is 0 Å². The fourth-order valence-corrected chi connectivity index (χ4v) is 1.84. The van der Waals surface area contributed by atoms with E-state index >= 15 is 0 Å². The van der Waals surface area contributed by atoms with Crippen LogP contribution >= 0.6 is 0 Å². The van der Waals surface area contributed by atoms with Gasteiger partial charge in [-0.15, -0.1) is 0 Å². The van der Waals surface area contributed by atoms with Crippen molar-refractivity contribution >= 4 is 5.91 Å². The van der Waals surface area contributed by atoms with Gasteiger partial charge in [-0.2, -0.15) is 27.2 Å². The van der Waals surface area contributed by atoms with Gasteiger partial charge in [0.25, 0.3) is 0 Å². The number of halogens is 5. The first-order valence-corrected chi connectivity index (χ1v) is 5.33. The van der Waals surface area contributed by atoms with Gasteiger partial charge in [-0.1, -0.05) is 19.3 Å². The van der Waals surface area contributed by atoms with Crippen molar-refractivity contribution in [2.45, 2.75) is 49.7 Å². The van der Waals surface area contributed by atoms with Crippen LogP contribution in [-0.2, 0) is 4.79 Å². The zero-order valence-electron chi connectivity index (χ0n) is 9.28. The van der Waals surface area contributed by atoms with E-state index in [1.165, 1.54) is 0 Å². The Labute approximate surface area is 99.9 Å². The minimum Gasteiger partial charge on any atom is -0.332 e. The quantitative estimate of drug-likeness (QED) is 0.784. The first kappa shape index (κ1) is 14.7. The number of carbonyl (C=O) groups excluding carboxylic acids is 1. The van der Waals surface area contributed by atoms with Crippen LogP contribution in [0.15, 0.2) is 0 Å². The Morgan fingerprint density at radius 3 is 2.00 bits per heavy atom. The van der Waals surface area contributed by atoms with Gasteiger partial charge in [0.15, 0.2) is 0 Å². The van der Waals surface area contributed by atoms with Gasteiger partial charge in [0, 0.05) is 0 Å². The van der Waals surface area contributed by atoms with E-state index < -0.39 is 23.5 Å². The molecule has 0 saturated heterocycles. The third-order valence-electron chi connectivity index (χ3n) is 2.92. The summed E-state index contributed by atoms with van der Waals surface area (Å²) in [6.07, 6.45) is -4.01. The topological polar surface area (TPSA) is 52.9 Å². The molecule has 0 atom stereocenters. The highest BCUT2D eigenvalue weighted by Crippen LogP contribution is 2.37. The SMILES string of the molecule is N#CC1(NC(=O)C(F)(F)C(F)(F)F)CCCCC1. The van der Waals surface area contributed by atoms with Gasteiger partial charge >= 0.3 is 18.0 Å². The van der Waals surface area contributed by atoms with Crippen LogP contribution < -0.4 is 5.32 Å². The molecule has 1 aliphatic rings. The Morgan fingerprint density at radius 1 is 1.11 bits per heavy atom. The van der Waals surface area contributed by atoms with Crippen molar-refractivity contribution < 1.29 is 26.7 Å². The summed E-state index contributed by atoms with van der Waals surface area (Å²) in [4.78, 5) is 11.0. The highest BCUT2D eigenvalue weighted by molar-refractivity contribution is 5.85. The van der Waals surface area contributed by atoms with Crippen molar-refractivity contribution in [2.24, 2.45) is 0 Å². The molecular formula is C10H11F5N2O. The minimum atomic E-state index is -5.96. The summed E-state index contributed by atoms with van der Waals surface area (Å²) in [7, 11) is 0. The van der Waals surface area contributed by atoms with Crippen LogP contribution in [0.25, 0.3) is 0 Å². The number of nitriles is 1. The molecule has 0 aromatic rings. The van der Waals surface area contributed by atoms with Crippen LogP contribution in [-0.4, -0.2) is 23.5 Å². The first-order chi connectivity index (χ1) is 8.15. The lowest BCUT2D eigenvalue weighted by Crippen LogP contribution is -2.58. The van der Waals surface area contributed by atoms with Crippen LogP contribution in [0, 0.1) is 11.3 Å². The van der Waals surface area contributed by atoms with Crippen molar-refractivity contribution in [3.8, 4) is 6.07 Å². The van der Waals surface area contributed by atoms with E-state index in [0.717, 1.165) is 6.42 Å². The van der Waals surface area contributed by atoms with E-state index in [4.69, 9.17) is 5.26 Å².